The van der Waals surface area contributed by atoms with Gasteiger partial charge in [0.2, 0.25) is 0 Å². The lowest BCUT2D eigenvalue weighted by molar-refractivity contribution is 0.0520. The number of carbonyl (C=O) groups excluding carboxylic acids is 1. The molecule has 2 rings (SSSR count). The number of hydrogen-bond donors (Lipinski definition) is 1. The minimum absolute atomic E-state index is 0.267. The van der Waals surface area contributed by atoms with E-state index in [0.29, 0.717) is 22.5 Å². The first-order valence-electron chi connectivity index (χ1n) is 5.29. The number of aromatic amines is 1. The van der Waals surface area contributed by atoms with Crippen molar-refractivity contribution in [2.75, 3.05) is 6.61 Å². The largest absolute Gasteiger partial charge is 0.461 e. The first-order chi connectivity index (χ1) is 8.61. The van der Waals surface area contributed by atoms with Gasteiger partial charge in [-0.25, -0.2) is 14.2 Å². The summed E-state index contributed by atoms with van der Waals surface area (Å²) in [6.07, 6.45) is 1.39. The van der Waals surface area contributed by atoms with Crippen molar-refractivity contribution in [2.45, 2.75) is 6.92 Å². The van der Waals surface area contributed by atoms with Gasteiger partial charge in [-0.05, 0) is 41.1 Å². The van der Waals surface area contributed by atoms with Gasteiger partial charge >= 0.3 is 5.97 Å². The normalized spacial score (nSPS) is 10.4. The van der Waals surface area contributed by atoms with Crippen molar-refractivity contribution in [2.24, 2.45) is 0 Å². The summed E-state index contributed by atoms with van der Waals surface area (Å²) >= 11 is 3.24. The van der Waals surface area contributed by atoms with E-state index in [0.717, 1.165) is 0 Å². The third kappa shape index (κ3) is 2.59. The average molecular weight is 313 g/mol. The summed E-state index contributed by atoms with van der Waals surface area (Å²) in [5.74, 6) is -0.331. The molecule has 2 aromatic rings. The Kier molecular flexibility index (Phi) is 3.76. The molecule has 4 nitrogen and oxygen atoms in total. The van der Waals surface area contributed by atoms with Crippen LogP contribution in [0.5, 0.6) is 0 Å². The van der Waals surface area contributed by atoms with Crippen LogP contribution in [0.25, 0.3) is 11.4 Å². The summed E-state index contributed by atoms with van der Waals surface area (Å²) in [5, 5.41) is 0. The Balaban J connectivity index is 2.32. The summed E-state index contributed by atoms with van der Waals surface area (Å²) in [6.45, 7) is 2.03. The van der Waals surface area contributed by atoms with Gasteiger partial charge < -0.3 is 9.72 Å². The van der Waals surface area contributed by atoms with Gasteiger partial charge in [0.05, 0.1) is 12.8 Å². The van der Waals surface area contributed by atoms with Crippen molar-refractivity contribution in [1.29, 1.82) is 0 Å². The summed E-state index contributed by atoms with van der Waals surface area (Å²) in [6, 6.07) is 4.24. The van der Waals surface area contributed by atoms with Crippen LogP contribution in [0, 0.1) is 5.82 Å². The van der Waals surface area contributed by atoms with E-state index in [1.807, 2.05) is 0 Å². The van der Waals surface area contributed by atoms with Crippen LogP contribution in [0.4, 0.5) is 4.39 Å². The number of carbonyl (C=O) groups is 1. The topological polar surface area (TPSA) is 55.0 Å². The molecular weight excluding hydrogens is 303 g/mol. The van der Waals surface area contributed by atoms with Crippen molar-refractivity contribution in [3.05, 3.63) is 40.4 Å². The fourth-order valence-corrected chi connectivity index (χ4v) is 1.99. The molecule has 1 aromatic heterocycles. The molecule has 18 heavy (non-hydrogen) atoms. The molecule has 0 atom stereocenters. The molecule has 0 saturated heterocycles. The molecule has 0 saturated carbocycles. The van der Waals surface area contributed by atoms with Crippen molar-refractivity contribution in [1.82, 2.24) is 9.97 Å². The fraction of sp³-hybridized carbons (Fsp3) is 0.167. The summed E-state index contributed by atoms with van der Waals surface area (Å²) in [4.78, 5) is 18.4. The minimum Gasteiger partial charge on any atom is -0.461 e. The molecule has 6 heteroatoms. The quantitative estimate of drug-likeness (QED) is 0.886. The maximum Gasteiger partial charge on any atom is 0.356 e. The number of H-pyrrole nitrogens is 1. The Hall–Kier alpha value is -1.69. The van der Waals surface area contributed by atoms with Gasteiger partial charge in [0.25, 0.3) is 0 Å². The van der Waals surface area contributed by atoms with E-state index in [4.69, 9.17) is 4.74 Å². The number of benzene rings is 1. The van der Waals surface area contributed by atoms with E-state index in [1.54, 1.807) is 13.0 Å². The van der Waals surface area contributed by atoms with Crippen LogP contribution in [-0.4, -0.2) is 22.5 Å². The summed E-state index contributed by atoms with van der Waals surface area (Å²) < 4.78 is 18.4. The molecule has 1 N–H and O–H groups in total. The molecule has 0 aliphatic carbocycles. The number of aromatic nitrogens is 2. The van der Waals surface area contributed by atoms with E-state index in [9.17, 15) is 9.18 Å². The molecular formula is C12H10BrFN2O2. The number of imidazole rings is 1. The maximum absolute atomic E-state index is 13.0. The average Bonchev–Trinajstić information content (AvgIpc) is 2.78. The van der Waals surface area contributed by atoms with Gasteiger partial charge in [-0.15, -0.1) is 0 Å². The van der Waals surface area contributed by atoms with Crippen molar-refractivity contribution >= 4 is 21.9 Å². The van der Waals surface area contributed by atoms with Crippen LogP contribution in [0.3, 0.4) is 0 Å². The van der Waals surface area contributed by atoms with Gasteiger partial charge in [-0.1, -0.05) is 0 Å². The van der Waals surface area contributed by atoms with Crippen molar-refractivity contribution in [3.8, 4) is 11.4 Å². The minimum atomic E-state index is -0.463. The molecule has 0 unspecified atom stereocenters. The van der Waals surface area contributed by atoms with E-state index in [-0.39, 0.29) is 11.5 Å². The van der Waals surface area contributed by atoms with Crippen LogP contribution in [0.15, 0.2) is 28.9 Å². The zero-order valence-electron chi connectivity index (χ0n) is 9.54. The van der Waals surface area contributed by atoms with Gasteiger partial charge in [-0.2, -0.15) is 0 Å². The third-order valence-electron chi connectivity index (χ3n) is 2.26. The third-order valence-corrected chi connectivity index (χ3v) is 2.91. The zero-order chi connectivity index (χ0) is 13.1. The SMILES string of the molecule is CCOC(=O)c1cnc(-c2ccc(F)cc2Br)[nH]1. The Bertz CT molecular complexity index is 583. The highest BCUT2D eigenvalue weighted by atomic mass is 79.9. The van der Waals surface area contributed by atoms with Crippen LogP contribution in [-0.2, 0) is 4.74 Å². The van der Waals surface area contributed by atoms with Gasteiger partial charge in [0.1, 0.15) is 17.3 Å². The number of nitrogens with zero attached hydrogens (tertiary/aromatic N) is 1. The number of hydrogen-bond acceptors (Lipinski definition) is 3. The Morgan fingerprint density at radius 1 is 1.56 bits per heavy atom. The molecule has 0 radical (unpaired) electrons. The maximum atomic E-state index is 13.0. The smallest absolute Gasteiger partial charge is 0.356 e. The second-order valence-electron chi connectivity index (χ2n) is 3.49. The number of nitrogens with one attached hydrogen (secondary N) is 1. The predicted molar refractivity (Wildman–Crippen MR) is 67.6 cm³/mol. The highest BCUT2D eigenvalue weighted by Crippen LogP contribution is 2.26. The zero-order valence-corrected chi connectivity index (χ0v) is 11.1. The second-order valence-corrected chi connectivity index (χ2v) is 4.34. The number of rotatable bonds is 3. The molecule has 0 bridgehead atoms. The molecule has 0 fully saturated rings. The highest BCUT2D eigenvalue weighted by Gasteiger charge is 2.13. The molecule has 0 aliphatic heterocycles. The van der Waals surface area contributed by atoms with Crippen molar-refractivity contribution in [3.63, 3.8) is 0 Å². The van der Waals surface area contributed by atoms with E-state index in [1.165, 1.54) is 18.3 Å². The lowest BCUT2D eigenvalue weighted by atomic mass is 10.2. The second kappa shape index (κ2) is 5.30. The van der Waals surface area contributed by atoms with Crippen LogP contribution < -0.4 is 0 Å². The Morgan fingerprint density at radius 3 is 3.00 bits per heavy atom. The van der Waals surface area contributed by atoms with Crippen LogP contribution >= 0.6 is 15.9 Å². The molecule has 1 aromatic carbocycles. The summed E-state index contributed by atoms with van der Waals surface area (Å²) in [7, 11) is 0. The Labute approximate surface area is 111 Å². The van der Waals surface area contributed by atoms with Crippen molar-refractivity contribution < 1.29 is 13.9 Å². The fourth-order valence-electron chi connectivity index (χ4n) is 1.45. The number of ether oxygens (including phenoxy) is 1. The lowest BCUT2D eigenvalue weighted by Gasteiger charge is -2.01. The monoisotopic (exact) mass is 312 g/mol. The first kappa shape index (κ1) is 12.8. The first-order valence-corrected chi connectivity index (χ1v) is 6.08. The molecule has 94 valence electrons. The molecule has 0 aliphatic rings. The molecule has 0 amide bonds. The highest BCUT2D eigenvalue weighted by molar-refractivity contribution is 9.10. The van der Waals surface area contributed by atoms with E-state index in [2.05, 4.69) is 25.9 Å². The van der Waals surface area contributed by atoms with Gasteiger partial charge in [-0.3, -0.25) is 0 Å². The Morgan fingerprint density at radius 2 is 2.33 bits per heavy atom. The molecule has 1 heterocycles. The predicted octanol–water partition coefficient (Wildman–Crippen LogP) is 3.16. The number of halogens is 2. The summed E-state index contributed by atoms with van der Waals surface area (Å²) in [5.41, 5.74) is 0.940. The van der Waals surface area contributed by atoms with Crippen LogP contribution in [0.1, 0.15) is 17.4 Å². The van der Waals surface area contributed by atoms with Crippen LogP contribution in [0.2, 0.25) is 0 Å². The van der Waals surface area contributed by atoms with E-state index < -0.39 is 5.97 Å². The number of esters is 1. The standard InChI is InChI=1S/C12H10BrFN2O2/c1-2-18-12(17)10-6-15-11(16-10)8-4-3-7(14)5-9(8)13/h3-6H,2H2,1H3,(H,15,16). The van der Waals surface area contributed by atoms with E-state index >= 15 is 0 Å². The van der Waals surface area contributed by atoms with Gasteiger partial charge in [0.15, 0.2) is 0 Å². The van der Waals surface area contributed by atoms with Gasteiger partial charge in [0, 0.05) is 10.0 Å². The molecule has 0 spiro atoms. The lowest BCUT2D eigenvalue weighted by Crippen LogP contribution is -2.04.